The first-order valence-corrected chi connectivity index (χ1v) is 7.25. The fourth-order valence-corrected chi connectivity index (χ4v) is 2.37. The van der Waals surface area contributed by atoms with Gasteiger partial charge in [0.25, 0.3) is 0 Å². The zero-order valence-electron chi connectivity index (χ0n) is 12.5. The van der Waals surface area contributed by atoms with E-state index in [1.165, 1.54) is 6.08 Å². The highest BCUT2D eigenvalue weighted by Gasteiger charge is 2.26. The van der Waals surface area contributed by atoms with E-state index in [2.05, 4.69) is 11.9 Å². The van der Waals surface area contributed by atoms with E-state index in [0.717, 1.165) is 6.42 Å². The van der Waals surface area contributed by atoms with Gasteiger partial charge in [-0.1, -0.05) is 6.58 Å². The van der Waals surface area contributed by atoms with Gasteiger partial charge in [-0.2, -0.15) is 0 Å². The van der Waals surface area contributed by atoms with E-state index >= 15 is 0 Å². The van der Waals surface area contributed by atoms with Gasteiger partial charge >= 0.3 is 0 Å². The molecule has 0 aromatic rings. The standard InChI is InChI=1S/C15H26N2O3/c1-4-13(18)17-10-6-12(7-11-17)14(19)16-9-5-8-15(2,3)20/h4,12,20H,1,5-11H2,2-3H3,(H,16,19). The highest BCUT2D eigenvalue weighted by molar-refractivity contribution is 5.87. The molecule has 0 unspecified atom stereocenters. The van der Waals surface area contributed by atoms with E-state index in [0.29, 0.717) is 38.9 Å². The van der Waals surface area contributed by atoms with E-state index in [1.54, 1.807) is 18.7 Å². The van der Waals surface area contributed by atoms with Crippen LogP contribution >= 0.6 is 0 Å². The second-order valence-corrected chi connectivity index (χ2v) is 6.01. The van der Waals surface area contributed by atoms with Gasteiger partial charge in [0.05, 0.1) is 5.60 Å². The van der Waals surface area contributed by atoms with Gasteiger partial charge in [-0.15, -0.1) is 0 Å². The van der Waals surface area contributed by atoms with Crippen molar-refractivity contribution in [1.29, 1.82) is 0 Å². The maximum Gasteiger partial charge on any atom is 0.245 e. The Labute approximate surface area is 121 Å². The Balaban J connectivity index is 2.22. The number of nitrogens with one attached hydrogen (secondary N) is 1. The highest BCUT2D eigenvalue weighted by Crippen LogP contribution is 2.17. The van der Waals surface area contributed by atoms with E-state index in [4.69, 9.17) is 0 Å². The Morgan fingerprint density at radius 3 is 2.50 bits per heavy atom. The molecule has 0 atom stereocenters. The molecule has 0 aromatic carbocycles. The number of likely N-dealkylation sites (tertiary alicyclic amines) is 1. The number of amides is 2. The largest absolute Gasteiger partial charge is 0.390 e. The predicted octanol–water partition coefficient (Wildman–Crippen LogP) is 1.08. The Morgan fingerprint density at radius 2 is 2.00 bits per heavy atom. The summed E-state index contributed by atoms with van der Waals surface area (Å²) in [5, 5.41) is 12.5. The van der Waals surface area contributed by atoms with Crippen LogP contribution in [-0.2, 0) is 9.59 Å². The zero-order chi connectivity index (χ0) is 15.2. The van der Waals surface area contributed by atoms with Gasteiger partial charge in [-0.3, -0.25) is 9.59 Å². The molecule has 1 aliphatic rings. The summed E-state index contributed by atoms with van der Waals surface area (Å²) in [6, 6.07) is 0. The Bertz CT molecular complexity index is 353. The average Bonchev–Trinajstić information content (AvgIpc) is 2.41. The lowest BCUT2D eigenvalue weighted by atomic mass is 9.95. The lowest BCUT2D eigenvalue weighted by Crippen LogP contribution is -2.42. The summed E-state index contributed by atoms with van der Waals surface area (Å²) >= 11 is 0. The van der Waals surface area contributed by atoms with Crippen molar-refractivity contribution < 1.29 is 14.7 Å². The van der Waals surface area contributed by atoms with Crippen LogP contribution in [0.25, 0.3) is 0 Å². The molecular formula is C15H26N2O3. The van der Waals surface area contributed by atoms with Crippen LogP contribution in [0.15, 0.2) is 12.7 Å². The number of hydrogen-bond donors (Lipinski definition) is 2. The van der Waals surface area contributed by atoms with Gasteiger partial charge in [0, 0.05) is 25.6 Å². The van der Waals surface area contributed by atoms with E-state index in [9.17, 15) is 14.7 Å². The summed E-state index contributed by atoms with van der Waals surface area (Å²) in [7, 11) is 0. The maximum absolute atomic E-state index is 12.0. The minimum Gasteiger partial charge on any atom is -0.390 e. The first-order chi connectivity index (χ1) is 9.33. The summed E-state index contributed by atoms with van der Waals surface area (Å²) in [5.74, 6) is -0.00788. The maximum atomic E-state index is 12.0. The van der Waals surface area contributed by atoms with Crippen molar-refractivity contribution in [3.8, 4) is 0 Å². The molecule has 114 valence electrons. The summed E-state index contributed by atoms with van der Waals surface area (Å²) in [5.41, 5.74) is -0.679. The third-order valence-corrected chi connectivity index (χ3v) is 3.62. The van der Waals surface area contributed by atoms with Crippen molar-refractivity contribution in [2.75, 3.05) is 19.6 Å². The topological polar surface area (TPSA) is 69.6 Å². The van der Waals surface area contributed by atoms with Gasteiger partial charge < -0.3 is 15.3 Å². The van der Waals surface area contributed by atoms with Crippen molar-refractivity contribution in [3.63, 3.8) is 0 Å². The third kappa shape index (κ3) is 5.74. The molecule has 20 heavy (non-hydrogen) atoms. The van der Waals surface area contributed by atoms with Crippen LogP contribution in [0.2, 0.25) is 0 Å². The van der Waals surface area contributed by atoms with Crippen LogP contribution in [0, 0.1) is 5.92 Å². The van der Waals surface area contributed by atoms with Crippen LogP contribution < -0.4 is 5.32 Å². The Morgan fingerprint density at radius 1 is 1.40 bits per heavy atom. The molecule has 5 heteroatoms. The van der Waals surface area contributed by atoms with E-state index < -0.39 is 5.60 Å². The number of piperidine rings is 1. The van der Waals surface area contributed by atoms with Crippen LogP contribution in [0.1, 0.15) is 39.5 Å². The highest BCUT2D eigenvalue weighted by atomic mass is 16.3. The molecule has 1 fully saturated rings. The summed E-state index contributed by atoms with van der Waals surface area (Å²) in [4.78, 5) is 25.1. The lowest BCUT2D eigenvalue weighted by molar-refractivity contribution is -0.132. The fraction of sp³-hybridized carbons (Fsp3) is 0.733. The summed E-state index contributed by atoms with van der Waals surface area (Å²) in [6.45, 7) is 8.83. The number of nitrogens with zero attached hydrogens (tertiary/aromatic N) is 1. The number of rotatable bonds is 6. The van der Waals surface area contributed by atoms with Crippen molar-refractivity contribution in [2.45, 2.75) is 45.1 Å². The third-order valence-electron chi connectivity index (χ3n) is 3.62. The molecule has 0 bridgehead atoms. The molecule has 0 aromatic heterocycles. The number of carbonyl (C=O) groups is 2. The number of aliphatic hydroxyl groups is 1. The monoisotopic (exact) mass is 282 g/mol. The fourth-order valence-electron chi connectivity index (χ4n) is 2.37. The molecule has 1 rings (SSSR count). The quantitative estimate of drug-likeness (QED) is 0.566. The first kappa shape index (κ1) is 16.7. The normalized spacial score (nSPS) is 16.9. The molecule has 2 amide bonds. The molecular weight excluding hydrogens is 256 g/mol. The minimum atomic E-state index is -0.679. The van der Waals surface area contributed by atoms with Gasteiger partial charge in [0.1, 0.15) is 0 Å². The van der Waals surface area contributed by atoms with Gasteiger partial charge in [0.15, 0.2) is 0 Å². The molecule has 1 heterocycles. The molecule has 0 spiro atoms. The zero-order valence-corrected chi connectivity index (χ0v) is 12.5. The number of carbonyl (C=O) groups excluding carboxylic acids is 2. The van der Waals surface area contributed by atoms with Gasteiger partial charge in [-0.05, 0) is 45.6 Å². The molecule has 1 aliphatic heterocycles. The lowest BCUT2D eigenvalue weighted by Gasteiger charge is -2.30. The molecule has 2 N–H and O–H groups in total. The Hall–Kier alpha value is -1.36. The SMILES string of the molecule is C=CC(=O)N1CCC(C(=O)NCCCC(C)(C)O)CC1. The van der Waals surface area contributed by atoms with Gasteiger partial charge in [0.2, 0.25) is 11.8 Å². The summed E-state index contributed by atoms with van der Waals surface area (Å²) < 4.78 is 0. The molecule has 0 aliphatic carbocycles. The molecule has 1 saturated heterocycles. The van der Waals surface area contributed by atoms with Crippen molar-refractivity contribution in [2.24, 2.45) is 5.92 Å². The Kier molecular flexibility index (Phi) is 6.20. The molecule has 0 radical (unpaired) electrons. The van der Waals surface area contributed by atoms with Crippen LogP contribution in [0.4, 0.5) is 0 Å². The van der Waals surface area contributed by atoms with Crippen LogP contribution in [0.5, 0.6) is 0 Å². The second kappa shape index (κ2) is 7.43. The van der Waals surface area contributed by atoms with Crippen LogP contribution in [-0.4, -0.2) is 47.1 Å². The first-order valence-electron chi connectivity index (χ1n) is 7.25. The second-order valence-electron chi connectivity index (χ2n) is 6.01. The number of hydrogen-bond acceptors (Lipinski definition) is 3. The van der Waals surface area contributed by atoms with Crippen molar-refractivity contribution >= 4 is 11.8 Å². The van der Waals surface area contributed by atoms with Gasteiger partial charge in [-0.25, -0.2) is 0 Å². The minimum absolute atomic E-state index is 0.00833. The molecule has 5 nitrogen and oxygen atoms in total. The van der Waals surface area contributed by atoms with Crippen LogP contribution in [0.3, 0.4) is 0 Å². The van der Waals surface area contributed by atoms with E-state index in [1.807, 2.05) is 0 Å². The predicted molar refractivity (Wildman–Crippen MR) is 78.0 cm³/mol. The smallest absolute Gasteiger partial charge is 0.245 e. The average molecular weight is 282 g/mol. The summed E-state index contributed by atoms with van der Waals surface area (Å²) in [6.07, 6.45) is 4.16. The van der Waals surface area contributed by atoms with Crippen molar-refractivity contribution in [3.05, 3.63) is 12.7 Å². The van der Waals surface area contributed by atoms with E-state index in [-0.39, 0.29) is 17.7 Å². The molecule has 0 saturated carbocycles. The van der Waals surface area contributed by atoms with Crippen molar-refractivity contribution in [1.82, 2.24) is 10.2 Å².